The number of hydrogen-bond acceptors (Lipinski definition) is 4. The van der Waals surface area contributed by atoms with Gasteiger partial charge in [-0.15, -0.1) is 0 Å². The van der Waals surface area contributed by atoms with E-state index in [1.54, 1.807) is 0 Å². The van der Waals surface area contributed by atoms with Gasteiger partial charge in [-0.25, -0.2) is 13.2 Å². The molecule has 1 rings (SSSR count). The van der Waals surface area contributed by atoms with E-state index in [4.69, 9.17) is 22.4 Å². The number of aromatic carboxylic acids is 1. The minimum absolute atomic E-state index is 0.382. The molecule has 0 radical (unpaired) electrons. The number of hydrogen-bond donors (Lipinski definition) is 2. The summed E-state index contributed by atoms with van der Waals surface area (Å²) < 4.78 is 22.8. The Balaban J connectivity index is 3.75. The summed E-state index contributed by atoms with van der Waals surface area (Å²) in [5, 5.41) is 8.30. The van der Waals surface area contributed by atoms with Crippen molar-refractivity contribution in [3.63, 3.8) is 0 Å². The Hall–Kier alpha value is -1.60. The van der Waals surface area contributed by atoms with Crippen molar-refractivity contribution in [2.24, 2.45) is 5.73 Å². The monoisotopic (exact) mass is 277 g/mol. The Morgan fingerprint density at radius 2 is 1.88 bits per heavy atom. The molecule has 0 heterocycles. The Morgan fingerprint density at radius 3 is 2.24 bits per heavy atom. The molecule has 0 saturated carbocycles. The number of carbonyl (C=O) groups is 2. The molecule has 0 atom stereocenters. The number of benzene rings is 1. The van der Waals surface area contributed by atoms with Gasteiger partial charge in [0.15, 0.2) is 9.84 Å². The van der Waals surface area contributed by atoms with E-state index >= 15 is 0 Å². The number of rotatable bonds is 3. The number of carboxylic acid groups (broad SMARTS) is 1. The van der Waals surface area contributed by atoms with Crippen LogP contribution in [0.3, 0.4) is 0 Å². The molecule has 0 aliphatic rings. The van der Waals surface area contributed by atoms with Gasteiger partial charge < -0.3 is 10.8 Å². The molecule has 0 aliphatic carbocycles. The van der Waals surface area contributed by atoms with Crippen molar-refractivity contribution in [2.75, 3.05) is 6.26 Å². The lowest BCUT2D eigenvalue weighted by Gasteiger charge is -2.08. The normalized spacial score (nSPS) is 11.2. The van der Waals surface area contributed by atoms with Crippen LogP contribution in [0.2, 0.25) is 5.02 Å². The fourth-order valence-corrected chi connectivity index (χ4v) is 2.55. The van der Waals surface area contributed by atoms with Crippen molar-refractivity contribution >= 4 is 33.3 Å². The van der Waals surface area contributed by atoms with Gasteiger partial charge in [-0.1, -0.05) is 11.6 Å². The number of halogens is 1. The van der Waals surface area contributed by atoms with Gasteiger partial charge in [0.1, 0.15) is 0 Å². The highest BCUT2D eigenvalue weighted by atomic mass is 35.5. The first-order valence-electron chi connectivity index (χ1n) is 4.22. The van der Waals surface area contributed by atoms with Crippen LogP contribution in [-0.4, -0.2) is 31.7 Å². The maximum absolute atomic E-state index is 11.4. The Bertz CT molecular complexity index is 608. The fourth-order valence-electron chi connectivity index (χ4n) is 1.26. The first-order valence-corrected chi connectivity index (χ1v) is 6.49. The minimum atomic E-state index is -3.72. The van der Waals surface area contributed by atoms with Crippen molar-refractivity contribution in [1.82, 2.24) is 0 Å². The quantitative estimate of drug-likeness (QED) is 0.837. The lowest BCUT2D eigenvalue weighted by Crippen LogP contribution is -2.18. The second kappa shape index (κ2) is 4.34. The standard InChI is InChI=1S/C9H8ClNO5S/c1-17(15,16)5-3-2-4(9(13)14)7(10)6(5)8(11)12/h2-3H,1H3,(H2,11,12)(H,13,14). The zero-order valence-electron chi connectivity index (χ0n) is 8.60. The van der Waals surface area contributed by atoms with Crippen LogP contribution in [0.25, 0.3) is 0 Å². The van der Waals surface area contributed by atoms with E-state index in [-0.39, 0.29) is 10.5 Å². The van der Waals surface area contributed by atoms with Gasteiger partial charge in [0.05, 0.1) is 21.0 Å². The molecule has 6 nitrogen and oxygen atoms in total. The summed E-state index contributed by atoms with van der Waals surface area (Å²) in [5.74, 6) is -2.48. The van der Waals surface area contributed by atoms with Crippen LogP contribution in [0, 0.1) is 0 Å². The van der Waals surface area contributed by atoms with Gasteiger partial charge in [0, 0.05) is 6.26 Å². The van der Waals surface area contributed by atoms with Crippen molar-refractivity contribution in [2.45, 2.75) is 4.90 Å². The Labute approximate surface area is 102 Å². The van der Waals surface area contributed by atoms with E-state index < -0.39 is 32.3 Å². The SMILES string of the molecule is CS(=O)(=O)c1ccc(C(=O)O)c(Cl)c1C(N)=O. The molecule has 0 bridgehead atoms. The molecule has 0 spiro atoms. The molecule has 0 aliphatic heterocycles. The summed E-state index contributed by atoms with van der Waals surface area (Å²) in [7, 11) is -3.72. The molecule has 0 aromatic heterocycles. The summed E-state index contributed by atoms with van der Waals surface area (Å²) in [6.07, 6.45) is 0.867. The molecule has 3 N–H and O–H groups in total. The number of amides is 1. The number of nitrogens with two attached hydrogens (primary N) is 1. The predicted molar refractivity (Wildman–Crippen MR) is 60.0 cm³/mol. The van der Waals surface area contributed by atoms with Crippen LogP contribution in [0.4, 0.5) is 0 Å². The van der Waals surface area contributed by atoms with Crippen LogP contribution in [0.1, 0.15) is 20.7 Å². The van der Waals surface area contributed by atoms with E-state index in [1.165, 1.54) is 0 Å². The third kappa shape index (κ3) is 2.56. The molecule has 92 valence electrons. The average molecular weight is 278 g/mol. The number of carbonyl (C=O) groups excluding carboxylic acids is 1. The van der Waals surface area contributed by atoms with Crippen molar-refractivity contribution < 1.29 is 23.1 Å². The first-order chi connectivity index (χ1) is 7.66. The lowest BCUT2D eigenvalue weighted by molar-refractivity contribution is 0.0697. The summed E-state index contributed by atoms with van der Waals surface area (Å²) in [5.41, 5.74) is 4.11. The van der Waals surface area contributed by atoms with Crippen molar-refractivity contribution in [1.29, 1.82) is 0 Å². The molecular formula is C9H8ClNO5S. The summed E-state index contributed by atoms with van der Waals surface area (Å²) in [6.45, 7) is 0. The number of sulfone groups is 1. The highest BCUT2D eigenvalue weighted by molar-refractivity contribution is 7.90. The highest BCUT2D eigenvalue weighted by Gasteiger charge is 2.24. The Kier molecular flexibility index (Phi) is 3.44. The van der Waals surface area contributed by atoms with Crippen LogP contribution < -0.4 is 5.73 Å². The average Bonchev–Trinajstić information content (AvgIpc) is 2.14. The topological polar surface area (TPSA) is 115 Å². The summed E-state index contributed by atoms with van der Waals surface area (Å²) in [6, 6.07) is 2.00. The maximum Gasteiger partial charge on any atom is 0.337 e. The molecule has 1 aromatic carbocycles. The number of carboxylic acids is 1. The van der Waals surface area contributed by atoms with Crippen molar-refractivity contribution in [3.05, 3.63) is 28.3 Å². The van der Waals surface area contributed by atoms with Crippen LogP contribution >= 0.6 is 11.6 Å². The van der Waals surface area contributed by atoms with E-state index in [2.05, 4.69) is 0 Å². The molecule has 17 heavy (non-hydrogen) atoms. The smallest absolute Gasteiger partial charge is 0.337 e. The largest absolute Gasteiger partial charge is 0.478 e. The molecular weight excluding hydrogens is 270 g/mol. The van der Waals surface area contributed by atoms with Crippen LogP contribution in [-0.2, 0) is 9.84 Å². The third-order valence-corrected chi connectivity index (χ3v) is 3.51. The molecule has 0 unspecified atom stereocenters. The minimum Gasteiger partial charge on any atom is -0.478 e. The zero-order chi connectivity index (χ0) is 13.4. The molecule has 1 amide bonds. The molecule has 0 saturated heterocycles. The highest BCUT2D eigenvalue weighted by Crippen LogP contribution is 2.27. The van der Waals surface area contributed by atoms with E-state index in [1.807, 2.05) is 0 Å². The van der Waals surface area contributed by atoms with Crippen LogP contribution in [0.5, 0.6) is 0 Å². The second-order valence-electron chi connectivity index (χ2n) is 3.24. The molecule has 8 heteroatoms. The van der Waals surface area contributed by atoms with Crippen LogP contribution in [0.15, 0.2) is 17.0 Å². The predicted octanol–water partition coefficient (Wildman–Crippen LogP) is 0.541. The molecule has 1 aromatic rings. The van der Waals surface area contributed by atoms with E-state index in [0.29, 0.717) is 0 Å². The van der Waals surface area contributed by atoms with Crippen molar-refractivity contribution in [3.8, 4) is 0 Å². The van der Waals surface area contributed by atoms with Gasteiger partial charge in [-0.3, -0.25) is 4.79 Å². The van der Waals surface area contributed by atoms with Gasteiger partial charge in [0.25, 0.3) is 5.91 Å². The zero-order valence-corrected chi connectivity index (χ0v) is 10.2. The number of primary amides is 1. The first kappa shape index (κ1) is 13.5. The third-order valence-electron chi connectivity index (χ3n) is 1.98. The second-order valence-corrected chi connectivity index (χ2v) is 5.60. The van der Waals surface area contributed by atoms with Gasteiger partial charge in [-0.05, 0) is 12.1 Å². The van der Waals surface area contributed by atoms with Gasteiger partial charge in [0.2, 0.25) is 0 Å². The van der Waals surface area contributed by atoms with Gasteiger partial charge in [-0.2, -0.15) is 0 Å². The maximum atomic E-state index is 11.4. The fraction of sp³-hybridized carbons (Fsp3) is 0.111. The van der Waals surface area contributed by atoms with Gasteiger partial charge >= 0.3 is 5.97 Å². The van der Waals surface area contributed by atoms with E-state index in [0.717, 1.165) is 18.4 Å². The van der Waals surface area contributed by atoms with E-state index in [9.17, 15) is 18.0 Å². The summed E-state index contributed by atoms with van der Waals surface area (Å²) in [4.78, 5) is 21.5. The lowest BCUT2D eigenvalue weighted by atomic mass is 10.1. The summed E-state index contributed by atoms with van der Waals surface area (Å²) >= 11 is 5.66. The molecule has 0 fully saturated rings. The Morgan fingerprint density at radius 1 is 1.35 bits per heavy atom.